The zero-order valence-electron chi connectivity index (χ0n) is 18.1. The first-order valence-corrected chi connectivity index (χ1v) is 11.2. The van der Waals surface area contributed by atoms with Crippen LogP contribution in [0.3, 0.4) is 0 Å². The molecule has 2 fully saturated rings. The fourth-order valence-electron chi connectivity index (χ4n) is 5.30. The van der Waals surface area contributed by atoms with E-state index in [0.717, 1.165) is 44.2 Å². The van der Waals surface area contributed by atoms with Gasteiger partial charge in [-0.1, -0.05) is 0 Å². The lowest BCUT2D eigenvalue weighted by Gasteiger charge is -2.35. The SMILES string of the molecule is COC1CCC(C2=NN(C(=O)CCCC(=O)O)C(C3CCC(F)CC3)C2)CC1OC. The summed E-state index contributed by atoms with van der Waals surface area (Å²) in [6, 6.07) is -0.0361. The Morgan fingerprint density at radius 2 is 1.77 bits per heavy atom. The van der Waals surface area contributed by atoms with E-state index in [1.165, 1.54) is 0 Å². The molecular weight excluding hydrogens is 391 g/mol. The van der Waals surface area contributed by atoms with Gasteiger partial charge in [-0.25, -0.2) is 9.40 Å². The molecule has 2 aliphatic carbocycles. The largest absolute Gasteiger partial charge is 0.481 e. The third kappa shape index (κ3) is 5.58. The minimum absolute atomic E-state index is 0.0113. The van der Waals surface area contributed by atoms with Crippen LogP contribution in [0, 0.1) is 11.8 Å². The Balaban J connectivity index is 1.70. The van der Waals surface area contributed by atoms with Crippen molar-refractivity contribution in [3.63, 3.8) is 0 Å². The molecule has 0 radical (unpaired) electrons. The van der Waals surface area contributed by atoms with Crippen LogP contribution >= 0.6 is 0 Å². The van der Waals surface area contributed by atoms with Gasteiger partial charge in [-0.05, 0) is 57.3 Å². The van der Waals surface area contributed by atoms with Gasteiger partial charge in [0, 0.05) is 45.1 Å². The molecule has 3 aliphatic rings. The molecule has 2 saturated carbocycles. The predicted molar refractivity (Wildman–Crippen MR) is 110 cm³/mol. The van der Waals surface area contributed by atoms with E-state index in [4.69, 9.17) is 19.7 Å². The Bertz CT molecular complexity index is 635. The maximum atomic E-state index is 13.7. The second kappa shape index (κ2) is 10.7. The van der Waals surface area contributed by atoms with Crippen molar-refractivity contribution in [2.24, 2.45) is 16.9 Å². The lowest BCUT2D eigenvalue weighted by atomic mass is 9.77. The average Bonchev–Trinajstić information content (AvgIpc) is 3.19. The number of hydrazone groups is 1. The molecule has 1 amide bonds. The van der Waals surface area contributed by atoms with Crippen LogP contribution in [0.5, 0.6) is 0 Å². The summed E-state index contributed by atoms with van der Waals surface area (Å²) < 4.78 is 24.8. The number of alkyl halides is 1. The van der Waals surface area contributed by atoms with Crippen molar-refractivity contribution in [1.29, 1.82) is 0 Å². The van der Waals surface area contributed by atoms with Gasteiger partial charge in [0.2, 0.25) is 5.91 Å². The number of nitrogens with zero attached hydrogens (tertiary/aromatic N) is 2. The predicted octanol–water partition coefficient (Wildman–Crippen LogP) is 3.56. The van der Waals surface area contributed by atoms with Gasteiger partial charge >= 0.3 is 5.97 Å². The highest BCUT2D eigenvalue weighted by molar-refractivity contribution is 5.92. The lowest BCUT2D eigenvalue weighted by molar-refractivity contribution is -0.137. The second-order valence-corrected chi connectivity index (χ2v) is 8.92. The molecule has 3 rings (SSSR count). The molecule has 0 aromatic carbocycles. The second-order valence-electron chi connectivity index (χ2n) is 8.92. The average molecular weight is 427 g/mol. The standard InChI is InChI=1S/C22H35FN2O5/c1-29-19-11-8-15(12-20(19)30-2)17-13-18(14-6-9-16(23)10-7-14)25(24-17)21(26)4-3-5-22(27)28/h14-16,18-20H,3-13H2,1-2H3,(H,27,28). The molecular formula is C22H35FN2O5. The summed E-state index contributed by atoms with van der Waals surface area (Å²) in [5.74, 6) is -0.521. The van der Waals surface area contributed by atoms with Crippen molar-refractivity contribution in [3.05, 3.63) is 0 Å². The number of ether oxygens (including phenoxy) is 2. The van der Waals surface area contributed by atoms with Gasteiger partial charge in [0.25, 0.3) is 0 Å². The molecule has 4 unspecified atom stereocenters. The van der Waals surface area contributed by atoms with Gasteiger partial charge in [0.15, 0.2) is 0 Å². The third-order valence-corrected chi connectivity index (χ3v) is 7.06. The molecule has 30 heavy (non-hydrogen) atoms. The minimum Gasteiger partial charge on any atom is -0.481 e. The number of carboxylic acids is 1. The van der Waals surface area contributed by atoms with Crippen LogP contribution < -0.4 is 0 Å². The summed E-state index contributed by atoms with van der Waals surface area (Å²) in [5, 5.41) is 15.2. The molecule has 8 heteroatoms. The normalized spacial score (nSPS) is 34.6. The van der Waals surface area contributed by atoms with Gasteiger partial charge in [-0.2, -0.15) is 5.10 Å². The number of aliphatic carboxylic acids is 1. The number of amides is 1. The van der Waals surface area contributed by atoms with E-state index in [1.54, 1.807) is 19.2 Å². The van der Waals surface area contributed by atoms with E-state index >= 15 is 0 Å². The van der Waals surface area contributed by atoms with E-state index in [0.29, 0.717) is 19.3 Å². The number of carbonyl (C=O) groups is 2. The number of hydrogen-bond donors (Lipinski definition) is 1. The zero-order chi connectivity index (χ0) is 21.7. The topological polar surface area (TPSA) is 88.4 Å². The van der Waals surface area contributed by atoms with Crippen LogP contribution in [0.2, 0.25) is 0 Å². The number of hydrogen-bond acceptors (Lipinski definition) is 5. The monoisotopic (exact) mass is 426 g/mol. The Hall–Kier alpha value is -1.54. The van der Waals surface area contributed by atoms with Crippen LogP contribution in [0.25, 0.3) is 0 Å². The molecule has 170 valence electrons. The molecule has 0 bridgehead atoms. The Morgan fingerprint density at radius 3 is 2.40 bits per heavy atom. The van der Waals surface area contributed by atoms with E-state index in [2.05, 4.69) is 0 Å². The van der Waals surface area contributed by atoms with E-state index in [1.807, 2.05) is 0 Å². The maximum absolute atomic E-state index is 13.7. The summed E-state index contributed by atoms with van der Waals surface area (Å²) in [5.41, 5.74) is 1.03. The number of halogens is 1. The smallest absolute Gasteiger partial charge is 0.303 e. The van der Waals surface area contributed by atoms with Crippen molar-refractivity contribution < 1.29 is 28.6 Å². The molecule has 4 atom stereocenters. The van der Waals surface area contributed by atoms with Crippen LogP contribution in [0.1, 0.15) is 70.6 Å². The minimum atomic E-state index is -0.897. The van der Waals surface area contributed by atoms with Crippen LogP contribution in [-0.2, 0) is 19.1 Å². The highest BCUT2D eigenvalue weighted by atomic mass is 19.1. The molecule has 0 saturated heterocycles. The van der Waals surface area contributed by atoms with Crippen molar-refractivity contribution in [1.82, 2.24) is 5.01 Å². The van der Waals surface area contributed by atoms with Crippen LogP contribution in [0.4, 0.5) is 4.39 Å². The number of carboxylic acid groups (broad SMARTS) is 1. The number of rotatable bonds is 8. The van der Waals surface area contributed by atoms with Gasteiger partial charge < -0.3 is 14.6 Å². The van der Waals surface area contributed by atoms with Crippen molar-refractivity contribution in [2.75, 3.05) is 14.2 Å². The molecule has 1 heterocycles. The fraction of sp³-hybridized carbons (Fsp3) is 0.864. The first-order chi connectivity index (χ1) is 14.4. The summed E-state index contributed by atoms with van der Waals surface area (Å²) in [7, 11) is 3.41. The van der Waals surface area contributed by atoms with E-state index < -0.39 is 12.1 Å². The quantitative estimate of drug-likeness (QED) is 0.641. The molecule has 7 nitrogen and oxygen atoms in total. The van der Waals surface area contributed by atoms with Gasteiger partial charge in [-0.15, -0.1) is 0 Å². The zero-order valence-corrected chi connectivity index (χ0v) is 18.1. The van der Waals surface area contributed by atoms with Crippen molar-refractivity contribution >= 4 is 17.6 Å². The molecule has 0 aromatic heterocycles. The third-order valence-electron chi connectivity index (χ3n) is 7.06. The summed E-state index contributed by atoms with van der Waals surface area (Å²) in [6.45, 7) is 0. The van der Waals surface area contributed by atoms with E-state index in [9.17, 15) is 14.0 Å². The summed E-state index contributed by atoms with van der Waals surface area (Å²) in [6.07, 6.45) is 5.82. The highest BCUT2D eigenvalue weighted by Gasteiger charge is 2.42. The van der Waals surface area contributed by atoms with Gasteiger partial charge in [-0.3, -0.25) is 9.59 Å². The Kier molecular flexibility index (Phi) is 8.22. The van der Waals surface area contributed by atoms with E-state index in [-0.39, 0.29) is 48.8 Å². The fourth-order valence-corrected chi connectivity index (χ4v) is 5.30. The first-order valence-electron chi connectivity index (χ1n) is 11.2. The maximum Gasteiger partial charge on any atom is 0.303 e. The molecule has 0 spiro atoms. The molecule has 0 aromatic rings. The highest BCUT2D eigenvalue weighted by Crippen LogP contribution is 2.39. The van der Waals surface area contributed by atoms with Gasteiger partial charge in [0.1, 0.15) is 6.17 Å². The van der Waals surface area contributed by atoms with Crippen molar-refractivity contribution in [3.8, 4) is 0 Å². The number of methoxy groups -OCH3 is 2. The summed E-state index contributed by atoms with van der Waals surface area (Å²) in [4.78, 5) is 23.7. The Labute approximate surface area is 178 Å². The molecule has 1 aliphatic heterocycles. The van der Waals surface area contributed by atoms with Crippen molar-refractivity contribution in [2.45, 2.75) is 95.1 Å². The number of carbonyl (C=O) groups excluding carboxylic acids is 1. The first kappa shape index (κ1) is 23.1. The lowest BCUT2D eigenvalue weighted by Crippen LogP contribution is -2.40. The summed E-state index contributed by atoms with van der Waals surface area (Å²) >= 11 is 0. The molecule has 1 N–H and O–H groups in total. The van der Waals surface area contributed by atoms with Crippen LogP contribution in [0.15, 0.2) is 5.10 Å². The Morgan fingerprint density at radius 1 is 1.07 bits per heavy atom. The van der Waals surface area contributed by atoms with Crippen LogP contribution in [-0.4, -0.2) is 66.3 Å². The van der Waals surface area contributed by atoms with Gasteiger partial charge in [0.05, 0.1) is 18.2 Å².